The van der Waals surface area contributed by atoms with Gasteiger partial charge in [0.05, 0.1) is 5.69 Å². The number of hydrogen-bond donors (Lipinski definition) is 0. The molecule has 2 aliphatic heterocycles. The van der Waals surface area contributed by atoms with Crippen LogP contribution in [-0.4, -0.2) is 6.71 Å². The molecule has 0 saturated heterocycles. The molecule has 62 heavy (non-hydrogen) atoms. The van der Waals surface area contributed by atoms with Gasteiger partial charge < -0.3 is 9.80 Å². The highest BCUT2D eigenvalue weighted by atomic mass is 32.1. The Labute approximate surface area is 374 Å². The fourth-order valence-electron chi connectivity index (χ4n) is 11.0. The van der Waals surface area contributed by atoms with Gasteiger partial charge in [0.1, 0.15) is 0 Å². The smallest absolute Gasteiger partial charge is 0.252 e. The molecule has 0 fully saturated rings. The van der Waals surface area contributed by atoms with Gasteiger partial charge >= 0.3 is 0 Å². The van der Waals surface area contributed by atoms with Crippen molar-refractivity contribution in [2.75, 3.05) is 9.80 Å². The van der Waals surface area contributed by atoms with Gasteiger partial charge in [-0.15, -0.1) is 11.3 Å². The summed E-state index contributed by atoms with van der Waals surface area (Å²) < 4.78 is 29.7. The molecule has 0 amide bonds. The molecule has 1 aliphatic carbocycles. The molecule has 4 heteroatoms. The van der Waals surface area contributed by atoms with Gasteiger partial charge in [0.25, 0.3) is 6.71 Å². The van der Waals surface area contributed by atoms with Gasteiger partial charge in [0.15, 0.2) is 0 Å². The van der Waals surface area contributed by atoms with Crippen molar-refractivity contribution >= 4 is 88.7 Å². The van der Waals surface area contributed by atoms with Crippen LogP contribution < -0.4 is 26.2 Å². The number of aryl methyl sites for hydroxylation is 2. The highest BCUT2D eigenvalue weighted by Gasteiger charge is 2.47. The molecular weight excluding hydrogens is 768 g/mol. The minimum Gasteiger partial charge on any atom is -0.311 e. The molecule has 0 unspecified atom stereocenters. The zero-order chi connectivity index (χ0) is 44.6. The summed E-state index contributed by atoms with van der Waals surface area (Å²) in [5.74, 6) is 0. The van der Waals surface area contributed by atoms with Crippen molar-refractivity contribution in [3.63, 3.8) is 0 Å². The van der Waals surface area contributed by atoms with E-state index in [1.165, 1.54) is 47.8 Å². The molecule has 300 valence electrons. The monoisotopic (exact) mass is 819 g/mol. The molecule has 0 saturated carbocycles. The van der Waals surface area contributed by atoms with Gasteiger partial charge in [-0.25, -0.2) is 0 Å². The lowest BCUT2D eigenvalue weighted by molar-refractivity contribution is 0.332. The standard InChI is InChI=1S/C58H49BN2S/c1-36-30-51-56-52(31-36)61(48-21-15-23-54-55(48)42-20-13-14-22-53(42)62-54)49-33-41(39-18-11-8-12-19-39)24-26-45(49)59(56)46-34-43-44(58(5,6)29-28-57(43,3)4)35-50(46)60(51)47-27-25-40(32-37(47)2)38-16-9-7-10-17-38/h7-27,30-35H,28-29H2,1-6H3/i1D3. The third-order valence-electron chi connectivity index (χ3n) is 14.3. The summed E-state index contributed by atoms with van der Waals surface area (Å²) in [5, 5.41) is 2.37. The maximum absolute atomic E-state index is 9.11. The van der Waals surface area contributed by atoms with Crippen molar-refractivity contribution in [3.8, 4) is 22.3 Å². The number of nitrogens with zero attached hydrogens (tertiary/aromatic N) is 2. The molecule has 3 aliphatic rings. The first kappa shape index (κ1) is 34.3. The van der Waals surface area contributed by atoms with E-state index in [2.05, 4.69) is 196 Å². The Morgan fingerprint density at radius 3 is 1.79 bits per heavy atom. The first-order chi connectivity index (χ1) is 31.3. The number of anilines is 6. The lowest BCUT2D eigenvalue weighted by Gasteiger charge is -2.47. The molecule has 12 rings (SSSR count). The third kappa shape index (κ3) is 5.55. The highest BCUT2D eigenvalue weighted by molar-refractivity contribution is 7.26. The lowest BCUT2D eigenvalue weighted by atomic mass is 9.33. The zero-order valence-corrected chi connectivity index (χ0v) is 36.7. The maximum atomic E-state index is 9.11. The van der Waals surface area contributed by atoms with Gasteiger partial charge in [-0.05, 0) is 153 Å². The fourth-order valence-corrected chi connectivity index (χ4v) is 12.2. The largest absolute Gasteiger partial charge is 0.311 e. The highest BCUT2D eigenvalue weighted by Crippen LogP contribution is 2.52. The second-order valence-electron chi connectivity index (χ2n) is 19.0. The van der Waals surface area contributed by atoms with E-state index in [0.717, 1.165) is 74.7 Å². The van der Waals surface area contributed by atoms with Crippen molar-refractivity contribution in [2.45, 2.75) is 65.1 Å². The van der Waals surface area contributed by atoms with Crippen molar-refractivity contribution < 1.29 is 4.11 Å². The van der Waals surface area contributed by atoms with E-state index in [0.29, 0.717) is 5.56 Å². The zero-order valence-electron chi connectivity index (χ0n) is 38.9. The first-order valence-electron chi connectivity index (χ1n) is 23.5. The van der Waals surface area contributed by atoms with Crippen molar-refractivity contribution in [3.05, 3.63) is 186 Å². The number of rotatable bonds is 4. The molecule has 0 bridgehead atoms. The van der Waals surface area contributed by atoms with E-state index in [1.54, 1.807) is 11.3 Å². The predicted molar refractivity (Wildman–Crippen MR) is 269 cm³/mol. The average Bonchev–Trinajstić information content (AvgIpc) is 3.70. The van der Waals surface area contributed by atoms with Crippen LogP contribution in [0.25, 0.3) is 42.4 Å². The normalized spacial score (nSPS) is 16.5. The summed E-state index contributed by atoms with van der Waals surface area (Å²) in [6, 6.07) is 59.3. The molecule has 8 aromatic carbocycles. The Balaban J connectivity index is 1.22. The van der Waals surface area contributed by atoms with Crippen molar-refractivity contribution in [1.29, 1.82) is 0 Å². The second-order valence-corrected chi connectivity index (χ2v) is 20.1. The van der Waals surface area contributed by atoms with E-state index < -0.39 is 6.85 Å². The van der Waals surface area contributed by atoms with E-state index in [1.807, 2.05) is 12.1 Å². The van der Waals surface area contributed by atoms with Crippen LogP contribution in [-0.2, 0) is 10.8 Å². The van der Waals surface area contributed by atoms with Crippen molar-refractivity contribution in [2.24, 2.45) is 0 Å². The van der Waals surface area contributed by atoms with Gasteiger partial charge in [-0.2, -0.15) is 0 Å². The van der Waals surface area contributed by atoms with Crippen LogP contribution >= 0.6 is 11.3 Å². The van der Waals surface area contributed by atoms with Crippen LogP contribution in [0.3, 0.4) is 0 Å². The minimum absolute atomic E-state index is 0.0253. The van der Waals surface area contributed by atoms with E-state index in [4.69, 9.17) is 4.11 Å². The second kappa shape index (κ2) is 13.6. The quantitative estimate of drug-likeness (QED) is 0.163. The van der Waals surface area contributed by atoms with E-state index in [9.17, 15) is 0 Å². The van der Waals surface area contributed by atoms with Crippen LogP contribution in [0.1, 0.15) is 66.9 Å². The van der Waals surface area contributed by atoms with Gasteiger partial charge in [0.2, 0.25) is 0 Å². The average molecular weight is 820 g/mol. The molecule has 3 heterocycles. The summed E-state index contributed by atoms with van der Waals surface area (Å²) in [6.07, 6.45) is 2.19. The Morgan fingerprint density at radius 2 is 1.10 bits per heavy atom. The predicted octanol–water partition coefficient (Wildman–Crippen LogP) is 14.4. The summed E-state index contributed by atoms with van der Waals surface area (Å²) in [4.78, 5) is 4.83. The molecule has 0 spiro atoms. The Morgan fingerprint density at radius 1 is 0.500 bits per heavy atom. The Bertz CT molecular complexity index is 3410. The first-order valence-corrected chi connectivity index (χ1v) is 22.8. The summed E-state index contributed by atoms with van der Waals surface area (Å²) in [7, 11) is 0. The van der Waals surface area contributed by atoms with Gasteiger partial charge in [-0.3, -0.25) is 0 Å². The van der Waals surface area contributed by atoms with E-state index >= 15 is 0 Å². The van der Waals surface area contributed by atoms with Crippen LogP contribution in [0, 0.1) is 13.8 Å². The molecular formula is C58H49BN2S. The summed E-state index contributed by atoms with van der Waals surface area (Å²) >= 11 is 1.81. The van der Waals surface area contributed by atoms with Crippen LogP contribution in [0.15, 0.2) is 164 Å². The molecule has 2 nitrogen and oxygen atoms in total. The third-order valence-corrected chi connectivity index (χ3v) is 15.5. The molecule has 0 N–H and O–H groups in total. The molecule has 1 aromatic heterocycles. The Hall–Kier alpha value is -6.36. The van der Waals surface area contributed by atoms with Crippen LogP contribution in [0.4, 0.5) is 34.1 Å². The summed E-state index contributed by atoms with van der Waals surface area (Å²) in [5.41, 5.74) is 18.4. The number of benzene rings is 8. The SMILES string of the molecule is [2H]C([2H])([2H])c1cc2c3c(c1)N(c1cccc4sc5ccccc5c14)c1cc(-c4ccccc4)ccc1B3c1cc3c(cc1N2c1ccc(-c2ccccc2)cc1C)C(C)(C)CCC3(C)C. The number of hydrogen-bond acceptors (Lipinski definition) is 3. The number of fused-ring (bicyclic) bond motifs is 8. The van der Waals surface area contributed by atoms with Crippen LogP contribution in [0.5, 0.6) is 0 Å². The molecule has 0 radical (unpaired) electrons. The fraction of sp³-hybridized carbons (Fsp3) is 0.172. The van der Waals surface area contributed by atoms with E-state index in [-0.39, 0.29) is 17.5 Å². The Kier molecular flexibility index (Phi) is 7.50. The van der Waals surface area contributed by atoms with Gasteiger partial charge in [-0.1, -0.05) is 137 Å². The molecule has 0 atom stereocenters. The maximum Gasteiger partial charge on any atom is 0.252 e. The number of thiophene rings is 1. The lowest BCUT2D eigenvalue weighted by Crippen LogP contribution is -2.62. The van der Waals surface area contributed by atoms with Crippen molar-refractivity contribution in [1.82, 2.24) is 0 Å². The topological polar surface area (TPSA) is 6.48 Å². The minimum atomic E-state index is -2.38. The van der Waals surface area contributed by atoms with Crippen LogP contribution in [0.2, 0.25) is 0 Å². The molecule has 9 aromatic rings. The summed E-state index contributed by atoms with van der Waals surface area (Å²) in [6.45, 7) is 9.28. The van der Waals surface area contributed by atoms with Gasteiger partial charge in [0, 0.05) is 52.7 Å².